The molecule has 1 atom stereocenters. The lowest BCUT2D eigenvalue weighted by Gasteiger charge is -2.15. The van der Waals surface area contributed by atoms with E-state index in [0.29, 0.717) is 13.1 Å². The molecule has 18 heavy (non-hydrogen) atoms. The number of carbonyl (C=O) groups excluding carboxylic acids is 1. The fourth-order valence-electron chi connectivity index (χ4n) is 2.23. The highest BCUT2D eigenvalue weighted by atomic mass is 35.5. The quantitative estimate of drug-likeness (QED) is 0.791. The van der Waals surface area contributed by atoms with E-state index in [1.54, 1.807) is 12.1 Å². The van der Waals surface area contributed by atoms with E-state index < -0.39 is 5.82 Å². The summed E-state index contributed by atoms with van der Waals surface area (Å²) >= 11 is 5.63. The number of halogens is 2. The van der Waals surface area contributed by atoms with E-state index in [2.05, 4.69) is 4.90 Å². The molecule has 1 aliphatic rings. The van der Waals surface area contributed by atoms with Crippen LogP contribution in [0.5, 0.6) is 0 Å². The standard InChI is InChI=1S/C13H15ClFNO2/c1-18-13(17)10-4-5-16(8-10)7-9-2-3-11(14)12(15)6-9/h2-3,6,10H,4-5,7-8H2,1H3. The van der Waals surface area contributed by atoms with Crippen molar-refractivity contribution in [2.75, 3.05) is 20.2 Å². The molecule has 0 spiro atoms. The van der Waals surface area contributed by atoms with Crippen molar-refractivity contribution in [3.05, 3.63) is 34.6 Å². The Labute approximate surface area is 110 Å². The van der Waals surface area contributed by atoms with Gasteiger partial charge in [0.2, 0.25) is 0 Å². The van der Waals surface area contributed by atoms with Crippen LogP contribution in [0.15, 0.2) is 18.2 Å². The lowest BCUT2D eigenvalue weighted by Crippen LogP contribution is -2.23. The van der Waals surface area contributed by atoms with Crippen LogP contribution in [0.4, 0.5) is 4.39 Å². The maximum atomic E-state index is 13.3. The van der Waals surface area contributed by atoms with Crippen molar-refractivity contribution in [1.82, 2.24) is 4.90 Å². The highest BCUT2D eigenvalue weighted by Gasteiger charge is 2.28. The van der Waals surface area contributed by atoms with Crippen molar-refractivity contribution >= 4 is 17.6 Å². The van der Waals surface area contributed by atoms with E-state index in [4.69, 9.17) is 16.3 Å². The highest BCUT2D eigenvalue weighted by Crippen LogP contribution is 2.21. The number of hydrogen-bond acceptors (Lipinski definition) is 3. The van der Waals surface area contributed by atoms with Crippen LogP contribution >= 0.6 is 11.6 Å². The lowest BCUT2D eigenvalue weighted by molar-refractivity contribution is -0.144. The van der Waals surface area contributed by atoms with Crippen molar-refractivity contribution in [2.24, 2.45) is 5.92 Å². The molecule has 0 saturated carbocycles. The number of esters is 1. The molecule has 1 aromatic carbocycles. The van der Waals surface area contributed by atoms with Gasteiger partial charge in [-0.05, 0) is 30.7 Å². The molecule has 98 valence electrons. The molecule has 2 rings (SSSR count). The van der Waals surface area contributed by atoms with Gasteiger partial charge in [-0.1, -0.05) is 17.7 Å². The molecule has 0 amide bonds. The second kappa shape index (κ2) is 5.67. The summed E-state index contributed by atoms with van der Waals surface area (Å²) in [6.45, 7) is 2.11. The zero-order chi connectivity index (χ0) is 13.1. The van der Waals surface area contributed by atoms with Crippen LogP contribution in [0.2, 0.25) is 5.02 Å². The molecule has 0 radical (unpaired) electrons. The maximum absolute atomic E-state index is 13.3. The van der Waals surface area contributed by atoms with Crippen LogP contribution in [-0.4, -0.2) is 31.1 Å². The first kappa shape index (κ1) is 13.3. The van der Waals surface area contributed by atoms with E-state index in [1.807, 2.05) is 0 Å². The Bertz CT molecular complexity index is 453. The van der Waals surface area contributed by atoms with Gasteiger partial charge in [0.05, 0.1) is 18.1 Å². The fourth-order valence-corrected chi connectivity index (χ4v) is 2.35. The summed E-state index contributed by atoms with van der Waals surface area (Å²) < 4.78 is 18.0. The van der Waals surface area contributed by atoms with E-state index in [0.717, 1.165) is 18.5 Å². The second-order valence-corrected chi connectivity index (χ2v) is 4.90. The van der Waals surface area contributed by atoms with Gasteiger partial charge < -0.3 is 4.74 Å². The van der Waals surface area contributed by atoms with Crippen LogP contribution in [-0.2, 0) is 16.1 Å². The topological polar surface area (TPSA) is 29.5 Å². The van der Waals surface area contributed by atoms with Crippen LogP contribution in [0, 0.1) is 11.7 Å². The molecule has 3 nitrogen and oxygen atoms in total. The predicted octanol–water partition coefficient (Wildman–Crippen LogP) is 2.47. The number of ether oxygens (including phenoxy) is 1. The minimum absolute atomic E-state index is 0.0628. The van der Waals surface area contributed by atoms with Crippen molar-refractivity contribution in [1.29, 1.82) is 0 Å². The minimum atomic E-state index is -0.405. The van der Waals surface area contributed by atoms with Crippen LogP contribution in [0.1, 0.15) is 12.0 Å². The molecule has 5 heteroatoms. The van der Waals surface area contributed by atoms with Gasteiger partial charge in [-0.15, -0.1) is 0 Å². The smallest absolute Gasteiger partial charge is 0.310 e. The minimum Gasteiger partial charge on any atom is -0.469 e. The third kappa shape index (κ3) is 3.00. The summed E-state index contributed by atoms with van der Waals surface area (Å²) in [5.74, 6) is -0.634. The Balaban J connectivity index is 1.95. The first-order chi connectivity index (χ1) is 8.60. The largest absolute Gasteiger partial charge is 0.469 e. The highest BCUT2D eigenvalue weighted by molar-refractivity contribution is 6.30. The molecule has 0 N–H and O–H groups in total. The molecule has 1 unspecified atom stereocenters. The van der Waals surface area contributed by atoms with Crippen molar-refractivity contribution in [2.45, 2.75) is 13.0 Å². The van der Waals surface area contributed by atoms with Gasteiger partial charge >= 0.3 is 5.97 Å². The van der Waals surface area contributed by atoms with Gasteiger partial charge in [-0.3, -0.25) is 9.69 Å². The summed E-state index contributed by atoms with van der Waals surface area (Å²) in [6, 6.07) is 4.80. The predicted molar refractivity (Wildman–Crippen MR) is 66.8 cm³/mol. The van der Waals surface area contributed by atoms with E-state index >= 15 is 0 Å². The Morgan fingerprint density at radius 2 is 2.39 bits per heavy atom. The summed E-state index contributed by atoms with van der Waals surface area (Å²) in [6.07, 6.45) is 0.794. The molecule has 1 heterocycles. The Morgan fingerprint density at radius 3 is 3.06 bits per heavy atom. The molecule has 1 fully saturated rings. The van der Waals surface area contributed by atoms with Gasteiger partial charge in [-0.25, -0.2) is 4.39 Å². The molecule has 0 aliphatic carbocycles. The van der Waals surface area contributed by atoms with Gasteiger partial charge in [0.15, 0.2) is 0 Å². The van der Waals surface area contributed by atoms with Gasteiger partial charge in [0, 0.05) is 13.1 Å². The molecule has 0 bridgehead atoms. The fraction of sp³-hybridized carbons (Fsp3) is 0.462. The average Bonchev–Trinajstić information content (AvgIpc) is 2.81. The van der Waals surface area contributed by atoms with Crippen LogP contribution < -0.4 is 0 Å². The number of likely N-dealkylation sites (tertiary alicyclic amines) is 1. The van der Waals surface area contributed by atoms with Crippen LogP contribution in [0.25, 0.3) is 0 Å². The molecule has 1 aromatic rings. The number of nitrogens with zero attached hydrogens (tertiary/aromatic N) is 1. The first-order valence-corrected chi connectivity index (χ1v) is 6.22. The van der Waals surface area contributed by atoms with Crippen molar-refractivity contribution in [3.8, 4) is 0 Å². The van der Waals surface area contributed by atoms with Gasteiger partial charge in [-0.2, -0.15) is 0 Å². The summed E-state index contributed by atoms with van der Waals surface area (Å²) in [4.78, 5) is 13.5. The summed E-state index contributed by atoms with van der Waals surface area (Å²) in [5, 5.41) is 0.132. The third-order valence-corrected chi connectivity index (χ3v) is 3.50. The zero-order valence-electron chi connectivity index (χ0n) is 10.2. The van der Waals surface area contributed by atoms with Crippen molar-refractivity contribution in [3.63, 3.8) is 0 Å². The van der Waals surface area contributed by atoms with Crippen molar-refractivity contribution < 1.29 is 13.9 Å². The number of hydrogen-bond donors (Lipinski definition) is 0. The molecule has 1 saturated heterocycles. The van der Waals surface area contributed by atoms with E-state index in [-0.39, 0.29) is 16.9 Å². The van der Waals surface area contributed by atoms with Gasteiger partial charge in [0.25, 0.3) is 0 Å². The third-order valence-electron chi connectivity index (χ3n) is 3.20. The summed E-state index contributed by atoms with van der Waals surface area (Å²) in [5.41, 5.74) is 0.863. The van der Waals surface area contributed by atoms with E-state index in [1.165, 1.54) is 13.2 Å². The number of rotatable bonds is 3. The SMILES string of the molecule is COC(=O)C1CCN(Cc2ccc(Cl)c(F)c2)C1. The molecular formula is C13H15ClFNO2. The Hall–Kier alpha value is -1.13. The normalized spacial score (nSPS) is 20.1. The Kier molecular flexibility index (Phi) is 4.19. The molecule has 0 aromatic heterocycles. The number of carbonyl (C=O) groups is 1. The number of methoxy groups -OCH3 is 1. The first-order valence-electron chi connectivity index (χ1n) is 5.84. The van der Waals surface area contributed by atoms with E-state index in [9.17, 15) is 9.18 Å². The second-order valence-electron chi connectivity index (χ2n) is 4.49. The lowest BCUT2D eigenvalue weighted by atomic mass is 10.1. The van der Waals surface area contributed by atoms with Gasteiger partial charge in [0.1, 0.15) is 5.82 Å². The Morgan fingerprint density at radius 1 is 1.61 bits per heavy atom. The molecular weight excluding hydrogens is 257 g/mol. The molecule has 1 aliphatic heterocycles. The average molecular weight is 272 g/mol. The summed E-state index contributed by atoms with van der Waals surface area (Å²) in [7, 11) is 1.40. The van der Waals surface area contributed by atoms with Crippen LogP contribution in [0.3, 0.4) is 0 Å². The maximum Gasteiger partial charge on any atom is 0.310 e. The monoisotopic (exact) mass is 271 g/mol. The number of benzene rings is 1. The zero-order valence-corrected chi connectivity index (χ0v) is 10.9.